The summed E-state index contributed by atoms with van der Waals surface area (Å²) >= 11 is 6.07. The van der Waals surface area contributed by atoms with Gasteiger partial charge in [-0.25, -0.2) is 0 Å². The Labute approximate surface area is 148 Å². The number of carbonyl (C=O) groups is 1. The van der Waals surface area contributed by atoms with Crippen molar-refractivity contribution in [2.24, 2.45) is 5.92 Å². The standard InChI is InChI=1S/C20H23ClN2O/c1-14-6-7-19(15(2)12-14)22-20(24)16-8-10-23(11-9-16)18-5-3-4-17(21)13-18/h3-7,12-13,16H,8-11H2,1-2H3,(H,22,24). The molecule has 0 saturated carbocycles. The summed E-state index contributed by atoms with van der Waals surface area (Å²) in [4.78, 5) is 14.8. The third-order valence-corrected chi connectivity index (χ3v) is 4.91. The molecule has 1 fully saturated rings. The van der Waals surface area contributed by atoms with Gasteiger partial charge in [0.15, 0.2) is 0 Å². The number of hydrogen-bond donors (Lipinski definition) is 1. The molecule has 1 aliphatic heterocycles. The van der Waals surface area contributed by atoms with Crippen molar-refractivity contribution < 1.29 is 4.79 Å². The molecule has 2 aromatic rings. The average molecular weight is 343 g/mol. The van der Waals surface area contributed by atoms with E-state index in [1.54, 1.807) is 0 Å². The Morgan fingerprint density at radius 3 is 2.54 bits per heavy atom. The summed E-state index contributed by atoms with van der Waals surface area (Å²) in [7, 11) is 0. The minimum absolute atomic E-state index is 0.0705. The zero-order valence-electron chi connectivity index (χ0n) is 14.2. The Bertz CT molecular complexity index is 736. The molecule has 1 heterocycles. The maximum Gasteiger partial charge on any atom is 0.227 e. The number of amides is 1. The Morgan fingerprint density at radius 1 is 1.12 bits per heavy atom. The number of carbonyl (C=O) groups excluding carboxylic acids is 1. The molecule has 126 valence electrons. The Kier molecular flexibility index (Phi) is 5.10. The van der Waals surface area contributed by atoms with Crippen molar-refractivity contribution >= 4 is 28.9 Å². The molecular weight excluding hydrogens is 320 g/mol. The second-order valence-electron chi connectivity index (χ2n) is 6.55. The fraction of sp³-hybridized carbons (Fsp3) is 0.350. The molecule has 0 atom stereocenters. The highest BCUT2D eigenvalue weighted by atomic mass is 35.5. The van der Waals surface area contributed by atoms with Crippen molar-refractivity contribution in [2.75, 3.05) is 23.3 Å². The van der Waals surface area contributed by atoms with Crippen LogP contribution in [0.4, 0.5) is 11.4 Å². The first kappa shape index (κ1) is 16.8. The normalized spacial score (nSPS) is 15.4. The highest BCUT2D eigenvalue weighted by Crippen LogP contribution is 2.26. The number of benzene rings is 2. The molecule has 0 unspecified atom stereocenters. The van der Waals surface area contributed by atoms with Gasteiger partial charge < -0.3 is 10.2 Å². The molecule has 0 aliphatic carbocycles. The van der Waals surface area contributed by atoms with Crippen LogP contribution in [0.1, 0.15) is 24.0 Å². The van der Waals surface area contributed by atoms with Crippen LogP contribution < -0.4 is 10.2 Å². The predicted octanol–water partition coefficient (Wildman–Crippen LogP) is 4.81. The van der Waals surface area contributed by atoms with Crippen molar-refractivity contribution in [1.82, 2.24) is 0 Å². The minimum Gasteiger partial charge on any atom is -0.371 e. The summed E-state index contributed by atoms with van der Waals surface area (Å²) in [6.07, 6.45) is 1.73. The molecule has 3 rings (SSSR count). The summed E-state index contributed by atoms with van der Waals surface area (Å²) in [5.74, 6) is 0.203. The smallest absolute Gasteiger partial charge is 0.227 e. The largest absolute Gasteiger partial charge is 0.371 e. The molecule has 2 aromatic carbocycles. The second kappa shape index (κ2) is 7.27. The first-order valence-electron chi connectivity index (χ1n) is 8.41. The van der Waals surface area contributed by atoms with E-state index in [1.807, 2.05) is 37.3 Å². The van der Waals surface area contributed by atoms with Gasteiger partial charge in [-0.3, -0.25) is 4.79 Å². The molecular formula is C20H23ClN2O. The molecule has 4 heteroatoms. The molecule has 24 heavy (non-hydrogen) atoms. The molecule has 0 spiro atoms. The molecule has 1 N–H and O–H groups in total. The third-order valence-electron chi connectivity index (χ3n) is 4.68. The number of anilines is 2. The third kappa shape index (κ3) is 3.90. The molecule has 0 aromatic heterocycles. The van der Waals surface area contributed by atoms with E-state index in [4.69, 9.17) is 11.6 Å². The lowest BCUT2D eigenvalue weighted by molar-refractivity contribution is -0.120. The first-order valence-corrected chi connectivity index (χ1v) is 8.79. The number of nitrogens with zero attached hydrogens (tertiary/aromatic N) is 1. The van der Waals surface area contributed by atoms with Crippen LogP contribution >= 0.6 is 11.6 Å². The quantitative estimate of drug-likeness (QED) is 0.868. The number of aryl methyl sites for hydroxylation is 2. The monoisotopic (exact) mass is 342 g/mol. The zero-order valence-corrected chi connectivity index (χ0v) is 14.9. The van der Waals surface area contributed by atoms with E-state index < -0.39 is 0 Å². The van der Waals surface area contributed by atoms with E-state index in [-0.39, 0.29) is 11.8 Å². The van der Waals surface area contributed by atoms with Crippen LogP contribution in [-0.2, 0) is 4.79 Å². The molecule has 3 nitrogen and oxygen atoms in total. The van der Waals surface area contributed by atoms with Gasteiger partial charge in [0.1, 0.15) is 0 Å². The average Bonchev–Trinajstić information content (AvgIpc) is 2.57. The van der Waals surface area contributed by atoms with Gasteiger partial charge in [0.05, 0.1) is 0 Å². The fourth-order valence-corrected chi connectivity index (χ4v) is 3.45. The summed E-state index contributed by atoms with van der Waals surface area (Å²) in [5, 5.41) is 3.84. The van der Waals surface area contributed by atoms with Crippen LogP contribution in [0.25, 0.3) is 0 Å². The second-order valence-corrected chi connectivity index (χ2v) is 6.99. The van der Waals surface area contributed by atoms with Crippen LogP contribution in [0.3, 0.4) is 0 Å². The summed E-state index contributed by atoms with van der Waals surface area (Å²) in [6.45, 7) is 5.85. The molecule has 0 radical (unpaired) electrons. The molecule has 1 saturated heterocycles. The lowest BCUT2D eigenvalue weighted by atomic mass is 9.95. The minimum atomic E-state index is 0.0705. The van der Waals surface area contributed by atoms with Gasteiger partial charge in [-0.1, -0.05) is 35.4 Å². The van der Waals surface area contributed by atoms with Gasteiger partial charge in [-0.05, 0) is 56.5 Å². The maximum absolute atomic E-state index is 12.6. The number of nitrogens with one attached hydrogen (secondary N) is 1. The predicted molar refractivity (Wildman–Crippen MR) is 101 cm³/mol. The van der Waals surface area contributed by atoms with Gasteiger partial charge >= 0.3 is 0 Å². The van der Waals surface area contributed by atoms with E-state index in [1.165, 1.54) is 5.56 Å². The number of hydrogen-bond acceptors (Lipinski definition) is 2. The number of halogens is 1. The van der Waals surface area contributed by atoms with Crippen LogP contribution in [0.2, 0.25) is 5.02 Å². The van der Waals surface area contributed by atoms with Gasteiger partial charge in [-0.15, -0.1) is 0 Å². The topological polar surface area (TPSA) is 32.3 Å². The lowest BCUT2D eigenvalue weighted by Gasteiger charge is -2.33. The van der Waals surface area contributed by atoms with E-state index in [0.717, 1.165) is 47.9 Å². The van der Waals surface area contributed by atoms with Crippen molar-refractivity contribution in [3.05, 3.63) is 58.6 Å². The van der Waals surface area contributed by atoms with Crippen molar-refractivity contribution in [2.45, 2.75) is 26.7 Å². The van der Waals surface area contributed by atoms with E-state index >= 15 is 0 Å². The van der Waals surface area contributed by atoms with Gasteiger partial charge in [0.2, 0.25) is 5.91 Å². The first-order chi connectivity index (χ1) is 11.5. The Hall–Kier alpha value is -2.00. The van der Waals surface area contributed by atoms with Crippen molar-refractivity contribution in [3.8, 4) is 0 Å². The highest BCUT2D eigenvalue weighted by molar-refractivity contribution is 6.30. The maximum atomic E-state index is 12.6. The van der Waals surface area contributed by atoms with E-state index in [9.17, 15) is 4.79 Å². The SMILES string of the molecule is Cc1ccc(NC(=O)C2CCN(c3cccc(Cl)c3)CC2)c(C)c1. The zero-order chi connectivity index (χ0) is 17.1. The number of rotatable bonds is 3. The highest BCUT2D eigenvalue weighted by Gasteiger charge is 2.25. The summed E-state index contributed by atoms with van der Waals surface area (Å²) < 4.78 is 0. The lowest BCUT2D eigenvalue weighted by Crippen LogP contribution is -2.38. The summed E-state index contributed by atoms with van der Waals surface area (Å²) in [5.41, 5.74) is 4.37. The number of piperidine rings is 1. The molecule has 0 bridgehead atoms. The van der Waals surface area contributed by atoms with Gasteiger partial charge in [-0.2, -0.15) is 0 Å². The van der Waals surface area contributed by atoms with E-state index in [2.05, 4.69) is 29.3 Å². The van der Waals surface area contributed by atoms with Crippen LogP contribution in [0.5, 0.6) is 0 Å². The van der Waals surface area contributed by atoms with Crippen molar-refractivity contribution in [3.63, 3.8) is 0 Å². The molecule has 1 aliphatic rings. The molecule has 1 amide bonds. The van der Waals surface area contributed by atoms with Gasteiger partial charge in [0.25, 0.3) is 0 Å². The summed E-state index contributed by atoms with van der Waals surface area (Å²) in [6, 6.07) is 14.0. The van der Waals surface area contributed by atoms with E-state index in [0.29, 0.717) is 0 Å². The Morgan fingerprint density at radius 2 is 1.88 bits per heavy atom. The van der Waals surface area contributed by atoms with Crippen LogP contribution in [-0.4, -0.2) is 19.0 Å². The fourth-order valence-electron chi connectivity index (χ4n) is 3.26. The van der Waals surface area contributed by atoms with Crippen molar-refractivity contribution in [1.29, 1.82) is 0 Å². The van der Waals surface area contributed by atoms with Crippen LogP contribution in [0.15, 0.2) is 42.5 Å². The Balaban J connectivity index is 1.59. The van der Waals surface area contributed by atoms with Crippen LogP contribution in [0, 0.1) is 19.8 Å². The van der Waals surface area contributed by atoms with Gasteiger partial charge in [0, 0.05) is 35.4 Å².